The van der Waals surface area contributed by atoms with Crippen LogP contribution in [-0.2, 0) is 23.1 Å². The van der Waals surface area contributed by atoms with Crippen molar-refractivity contribution < 1.29 is 19.0 Å². The molecule has 0 N–H and O–H groups in total. The Hall–Kier alpha value is -3.65. The summed E-state index contributed by atoms with van der Waals surface area (Å²) in [6.07, 6.45) is 5.96. The third-order valence-corrected chi connectivity index (χ3v) is 5.74. The lowest BCUT2D eigenvalue weighted by Gasteiger charge is -2.22. The van der Waals surface area contributed by atoms with Crippen molar-refractivity contribution in [2.45, 2.75) is 19.4 Å². The minimum absolute atomic E-state index is 0.101. The summed E-state index contributed by atoms with van der Waals surface area (Å²) in [6, 6.07) is 5.75. The van der Waals surface area contributed by atoms with Crippen LogP contribution in [-0.4, -0.2) is 55.3 Å². The van der Waals surface area contributed by atoms with Gasteiger partial charge in [-0.05, 0) is 42.6 Å². The number of aryl methyl sites for hydroxylation is 1. The third kappa shape index (κ3) is 5.46. The van der Waals surface area contributed by atoms with Gasteiger partial charge >= 0.3 is 5.97 Å². The van der Waals surface area contributed by atoms with Gasteiger partial charge in [0, 0.05) is 50.7 Å². The highest BCUT2D eigenvalue weighted by molar-refractivity contribution is 5.95. The van der Waals surface area contributed by atoms with E-state index < -0.39 is 0 Å². The normalized spacial score (nSPS) is 11.0. The summed E-state index contributed by atoms with van der Waals surface area (Å²) in [5.74, 6) is 1.11. The van der Waals surface area contributed by atoms with Crippen molar-refractivity contribution in [1.29, 1.82) is 0 Å². The van der Waals surface area contributed by atoms with E-state index in [1.165, 1.54) is 7.11 Å². The van der Waals surface area contributed by atoms with Crippen molar-refractivity contribution >= 4 is 16.7 Å². The van der Waals surface area contributed by atoms with E-state index in [1.54, 1.807) is 38.2 Å². The minimum atomic E-state index is -0.246. The Balaban J connectivity index is 1.94. The first-order chi connectivity index (χ1) is 16.3. The SMILES string of the molecule is C=C(CCC(=O)OC)CN(C)Cc1c(OC)cc(-c2cn(C)c(=O)c3cnccc23)cc1OC. The predicted octanol–water partition coefficient (Wildman–Crippen LogP) is 3.56. The molecule has 0 aliphatic rings. The topological polar surface area (TPSA) is 82.9 Å². The van der Waals surface area contributed by atoms with Gasteiger partial charge in [0.25, 0.3) is 5.56 Å². The zero-order valence-electron chi connectivity index (χ0n) is 20.4. The average Bonchev–Trinajstić information content (AvgIpc) is 2.84. The van der Waals surface area contributed by atoms with Gasteiger partial charge in [0.15, 0.2) is 0 Å². The quantitative estimate of drug-likeness (QED) is 0.334. The number of ether oxygens (including phenoxy) is 3. The van der Waals surface area contributed by atoms with E-state index in [1.807, 2.05) is 31.4 Å². The molecule has 0 bridgehead atoms. The van der Waals surface area contributed by atoms with Crippen LogP contribution in [0.4, 0.5) is 0 Å². The van der Waals surface area contributed by atoms with Crippen LogP contribution < -0.4 is 15.0 Å². The van der Waals surface area contributed by atoms with E-state index in [2.05, 4.69) is 16.5 Å². The Bertz CT molecular complexity index is 1240. The number of hydrogen-bond acceptors (Lipinski definition) is 7. The molecule has 3 aromatic rings. The number of likely N-dealkylation sites (N-methyl/N-ethyl adjacent to an activating group) is 1. The van der Waals surface area contributed by atoms with E-state index in [0.29, 0.717) is 42.8 Å². The summed E-state index contributed by atoms with van der Waals surface area (Å²) in [5, 5.41) is 1.36. The number of carbonyl (C=O) groups excluding carboxylic acids is 1. The molecule has 0 aliphatic carbocycles. The van der Waals surface area contributed by atoms with Crippen molar-refractivity contribution in [3.05, 3.63) is 64.9 Å². The second kappa shape index (κ2) is 11.0. The van der Waals surface area contributed by atoms with E-state index in [4.69, 9.17) is 14.2 Å². The van der Waals surface area contributed by atoms with E-state index in [9.17, 15) is 9.59 Å². The van der Waals surface area contributed by atoms with E-state index >= 15 is 0 Å². The van der Waals surface area contributed by atoms with Crippen molar-refractivity contribution in [2.75, 3.05) is 34.9 Å². The number of hydrogen-bond donors (Lipinski definition) is 0. The van der Waals surface area contributed by atoms with Crippen LogP contribution in [0.2, 0.25) is 0 Å². The molecule has 2 aromatic heterocycles. The molecule has 0 radical (unpaired) electrons. The molecule has 180 valence electrons. The van der Waals surface area contributed by atoms with Gasteiger partial charge in [0.05, 0.1) is 32.3 Å². The fourth-order valence-corrected chi connectivity index (χ4v) is 4.00. The molecule has 0 aliphatic heterocycles. The second-order valence-corrected chi connectivity index (χ2v) is 8.24. The van der Waals surface area contributed by atoms with Crippen LogP contribution >= 0.6 is 0 Å². The fraction of sp³-hybridized carbons (Fsp3) is 0.346. The molecular formula is C26H31N3O5. The summed E-state index contributed by atoms with van der Waals surface area (Å²) in [4.78, 5) is 30.2. The number of benzene rings is 1. The molecule has 0 amide bonds. The number of carbonyl (C=O) groups is 1. The lowest BCUT2D eigenvalue weighted by Crippen LogP contribution is -2.21. The summed E-state index contributed by atoms with van der Waals surface area (Å²) < 4.78 is 17.7. The summed E-state index contributed by atoms with van der Waals surface area (Å²) in [7, 11) is 8.33. The van der Waals surface area contributed by atoms with Crippen molar-refractivity contribution in [3.63, 3.8) is 0 Å². The van der Waals surface area contributed by atoms with Crippen LogP contribution in [0.25, 0.3) is 21.9 Å². The average molecular weight is 466 g/mol. The van der Waals surface area contributed by atoms with Gasteiger partial charge < -0.3 is 18.8 Å². The largest absolute Gasteiger partial charge is 0.496 e. The lowest BCUT2D eigenvalue weighted by molar-refractivity contribution is -0.140. The molecule has 0 saturated carbocycles. The van der Waals surface area contributed by atoms with Crippen molar-refractivity contribution in [3.8, 4) is 22.6 Å². The Morgan fingerprint density at radius 1 is 1.12 bits per heavy atom. The van der Waals surface area contributed by atoms with Crippen LogP contribution in [0.3, 0.4) is 0 Å². The zero-order valence-corrected chi connectivity index (χ0v) is 20.4. The van der Waals surface area contributed by atoms with Crippen molar-refractivity contribution in [1.82, 2.24) is 14.5 Å². The molecular weight excluding hydrogens is 434 g/mol. The summed E-state index contributed by atoms with van der Waals surface area (Å²) in [5.41, 5.74) is 3.48. The predicted molar refractivity (Wildman–Crippen MR) is 132 cm³/mol. The molecule has 3 rings (SSSR count). The first-order valence-corrected chi connectivity index (χ1v) is 10.9. The number of methoxy groups -OCH3 is 3. The zero-order chi connectivity index (χ0) is 24.8. The van der Waals surface area contributed by atoms with Gasteiger partial charge in [-0.1, -0.05) is 12.2 Å². The van der Waals surface area contributed by atoms with Crippen LogP contribution in [0.5, 0.6) is 11.5 Å². The highest BCUT2D eigenvalue weighted by Gasteiger charge is 2.18. The fourth-order valence-electron chi connectivity index (χ4n) is 4.00. The standard InChI is InChI=1S/C26H31N3O5/c1-17(7-8-25(30)34-6)14-28(2)15-22-23(32-4)11-18(12-24(22)33-5)21-16-29(3)26(31)20-13-27-10-9-19(20)21/h9-13,16H,1,7-8,14-15H2,2-6H3. The molecule has 34 heavy (non-hydrogen) atoms. The Morgan fingerprint density at radius 3 is 2.41 bits per heavy atom. The maximum Gasteiger partial charge on any atom is 0.305 e. The highest BCUT2D eigenvalue weighted by Crippen LogP contribution is 2.37. The maximum atomic E-state index is 12.6. The van der Waals surface area contributed by atoms with E-state index in [-0.39, 0.29) is 11.5 Å². The number of rotatable bonds is 10. The number of esters is 1. The molecule has 0 saturated heterocycles. The van der Waals surface area contributed by atoms with Gasteiger partial charge in [-0.25, -0.2) is 0 Å². The Kier molecular flexibility index (Phi) is 8.07. The van der Waals surface area contributed by atoms with Gasteiger partial charge in [-0.3, -0.25) is 19.5 Å². The van der Waals surface area contributed by atoms with Crippen LogP contribution in [0.15, 0.2) is 53.7 Å². The Morgan fingerprint density at radius 2 is 1.79 bits per heavy atom. The van der Waals surface area contributed by atoms with Gasteiger partial charge in [0.1, 0.15) is 11.5 Å². The molecule has 1 aromatic carbocycles. The molecule has 8 nitrogen and oxygen atoms in total. The first kappa shape index (κ1) is 25.0. The van der Waals surface area contributed by atoms with E-state index in [0.717, 1.165) is 27.6 Å². The number of nitrogens with zero attached hydrogens (tertiary/aromatic N) is 3. The van der Waals surface area contributed by atoms with Crippen LogP contribution in [0, 0.1) is 0 Å². The molecule has 2 heterocycles. The monoisotopic (exact) mass is 465 g/mol. The van der Waals surface area contributed by atoms with Gasteiger partial charge in [-0.2, -0.15) is 0 Å². The number of fused-ring (bicyclic) bond motifs is 1. The molecule has 0 spiro atoms. The third-order valence-electron chi connectivity index (χ3n) is 5.74. The minimum Gasteiger partial charge on any atom is -0.496 e. The molecule has 0 atom stereocenters. The molecule has 8 heteroatoms. The summed E-state index contributed by atoms with van der Waals surface area (Å²) in [6.45, 7) is 5.25. The van der Waals surface area contributed by atoms with Crippen LogP contribution in [0.1, 0.15) is 18.4 Å². The maximum absolute atomic E-state index is 12.6. The van der Waals surface area contributed by atoms with Crippen molar-refractivity contribution in [2.24, 2.45) is 7.05 Å². The molecule has 0 unspecified atom stereocenters. The Labute approximate surface area is 199 Å². The van der Waals surface area contributed by atoms with Gasteiger partial charge in [0.2, 0.25) is 0 Å². The number of pyridine rings is 2. The smallest absolute Gasteiger partial charge is 0.305 e. The lowest BCUT2D eigenvalue weighted by atomic mass is 9.99. The highest BCUT2D eigenvalue weighted by atomic mass is 16.5. The number of aromatic nitrogens is 2. The summed E-state index contributed by atoms with van der Waals surface area (Å²) >= 11 is 0. The second-order valence-electron chi connectivity index (χ2n) is 8.24. The first-order valence-electron chi connectivity index (χ1n) is 10.9. The van der Waals surface area contributed by atoms with Gasteiger partial charge in [-0.15, -0.1) is 0 Å². The molecule has 0 fully saturated rings.